The zero-order valence-electron chi connectivity index (χ0n) is 12.5. The number of fused-ring (bicyclic) bond motifs is 1. The molecular weight excluding hydrogens is 321 g/mol. The van der Waals surface area contributed by atoms with Crippen molar-refractivity contribution in [3.63, 3.8) is 0 Å². The molecular formula is C17H15ClFNO3. The first-order valence-electron chi connectivity index (χ1n) is 7.16. The molecule has 1 aliphatic heterocycles. The van der Waals surface area contributed by atoms with E-state index in [2.05, 4.69) is 0 Å². The van der Waals surface area contributed by atoms with E-state index in [1.807, 2.05) is 36.1 Å². The van der Waals surface area contributed by atoms with Crippen LogP contribution in [0.1, 0.15) is 21.5 Å². The highest BCUT2D eigenvalue weighted by Gasteiger charge is 2.30. The molecule has 0 bridgehead atoms. The van der Waals surface area contributed by atoms with Crippen LogP contribution in [0.25, 0.3) is 0 Å². The average Bonchev–Trinajstić information content (AvgIpc) is 2.51. The molecule has 2 aromatic rings. The molecule has 1 N–H and O–H groups in total. The Morgan fingerprint density at radius 2 is 2.17 bits per heavy atom. The summed E-state index contributed by atoms with van der Waals surface area (Å²) in [6.07, 6.45) is 0. The lowest BCUT2D eigenvalue weighted by atomic mass is 10.1. The Balaban J connectivity index is 2.10. The fourth-order valence-corrected chi connectivity index (χ4v) is 2.93. The normalized spacial score (nSPS) is 13.4. The molecule has 0 saturated heterocycles. The van der Waals surface area contributed by atoms with Crippen LogP contribution in [0.5, 0.6) is 5.75 Å². The van der Waals surface area contributed by atoms with Crippen LogP contribution in [0.3, 0.4) is 0 Å². The number of aryl methyl sites for hydroxylation is 1. The minimum Gasteiger partial charge on any atom is -0.489 e. The third-order valence-corrected chi connectivity index (χ3v) is 4.20. The van der Waals surface area contributed by atoms with Gasteiger partial charge in [-0.3, -0.25) is 0 Å². The summed E-state index contributed by atoms with van der Waals surface area (Å²) in [6, 6.07) is 9.15. The molecule has 4 nitrogen and oxygen atoms in total. The number of benzene rings is 2. The van der Waals surface area contributed by atoms with Crippen LogP contribution in [0.2, 0.25) is 5.02 Å². The Kier molecular flexibility index (Phi) is 4.13. The van der Waals surface area contributed by atoms with E-state index in [0.29, 0.717) is 25.4 Å². The van der Waals surface area contributed by atoms with Gasteiger partial charge in [0, 0.05) is 12.6 Å². The van der Waals surface area contributed by atoms with Crippen LogP contribution in [-0.2, 0) is 6.54 Å². The highest BCUT2D eigenvalue weighted by molar-refractivity contribution is 6.31. The van der Waals surface area contributed by atoms with E-state index in [4.69, 9.17) is 16.3 Å². The quantitative estimate of drug-likeness (QED) is 0.924. The first kappa shape index (κ1) is 15.6. The largest absolute Gasteiger partial charge is 0.489 e. The van der Waals surface area contributed by atoms with Gasteiger partial charge in [-0.15, -0.1) is 0 Å². The van der Waals surface area contributed by atoms with Crippen molar-refractivity contribution in [2.75, 3.05) is 18.1 Å². The van der Waals surface area contributed by atoms with Gasteiger partial charge in [0.1, 0.15) is 17.9 Å². The van der Waals surface area contributed by atoms with Crippen molar-refractivity contribution in [3.05, 3.63) is 57.9 Å². The molecule has 0 aromatic heterocycles. The first-order chi connectivity index (χ1) is 11.0. The Hall–Kier alpha value is -2.27. The Bertz CT molecular complexity index is 779. The zero-order valence-corrected chi connectivity index (χ0v) is 13.2. The minimum absolute atomic E-state index is 0.244. The molecule has 0 amide bonds. The number of hydrogen-bond acceptors (Lipinski definition) is 3. The van der Waals surface area contributed by atoms with Gasteiger partial charge in [-0.05, 0) is 18.1 Å². The molecule has 1 aliphatic rings. The monoisotopic (exact) mass is 335 g/mol. The summed E-state index contributed by atoms with van der Waals surface area (Å²) >= 11 is 5.79. The van der Waals surface area contributed by atoms with Gasteiger partial charge in [-0.2, -0.15) is 0 Å². The number of hydrogen-bond donors (Lipinski definition) is 1. The summed E-state index contributed by atoms with van der Waals surface area (Å²) in [5.41, 5.74) is 1.94. The van der Waals surface area contributed by atoms with E-state index >= 15 is 0 Å². The third-order valence-electron chi connectivity index (χ3n) is 3.93. The number of carbonyl (C=O) groups is 1. The van der Waals surface area contributed by atoms with Crippen molar-refractivity contribution in [1.82, 2.24) is 0 Å². The Morgan fingerprint density at radius 3 is 2.87 bits per heavy atom. The average molecular weight is 336 g/mol. The number of ether oxygens (including phenoxy) is 1. The van der Waals surface area contributed by atoms with Gasteiger partial charge < -0.3 is 14.7 Å². The van der Waals surface area contributed by atoms with E-state index in [0.717, 1.165) is 11.1 Å². The molecule has 0 fully saturated rings. The highest BCUT2D eigenvalue weighted by Crippen LogP contribution is 2.40. The lowest BCUT2D eigenvalue weighted by molar-refractivity contribution is 0.0691. The molecule has 120 valence electrons. The summed E-state index contributed by atoms with van der Waals surface area (Å²) in [5.74, 6) is -1.99. The van der Waals surface area contributed by atoms with Crippen molar-refractivity contribution in [3.8, 4) is 5.75 Å². The van der Waals surface area contributed by atoms with Gasteiger partial charge in [-0.1, -0.05) is 35.9 Å². The number of rotatable bonds is 3. The number of anilines is 1. The molecule has 0 saturated carbocycles. The fraction of sp³-hybridized carbons (Fsp3) is 0.235. The van der Waals surface area contributed by atoms with Crippen molar-refractivity contribution >= 4 is 23.3 Å². The Morgan fingerprint density at radius 1 is 1.43 bits per heavy atom. The molecule has 0 spiro atoms. The number of aromatic carboxylic acids is 1. The van der Waals surface area contributed by atoms with Crippen LogP contribution in [-0.4, -0.2) is 24.2 Å². The smallest absolute Gasteiger partial charge is 0.341 e. The summed E-state index contributed by atoms with van der Waals surface area (Å²) in [5, 5.41) is 9.15. The van der Waals surface area contributed by atoms with Gasteiger partial charge in [0.25, 0.3) is 0 Å². The molecule has 3 rings (SSSR count). The number of carboxylic acid groups (broad SMARTS) is 1. The number of nitrogens with zero attached hydrogens (tertiary/aromatic N) is 1. The molecule has 2 aromatic carbocycles. The molecule has 23 heavy (non-hydrogen) atoms. The topological polar surface area (TPSA) is 49.8 Å². The second kappa shape index (κ2) is 6.08. The van der Waals surface area contributed by atoms with E-state index in [1.165, 1.54) is 6.07 Å². The molecule has 0 atom stereocenters. The maximum atomic E-state index is 14.2. The Labute approximate surface area is 138 Å². The van der Waals surface area contributed by atoms with E-state index in [-0.39, 0.29) is 10.7 Å². The van der Waals surface area contributed by atoms with Crippen molar-refractivity contribution in [1.29, 1.82) is 0 Å². The summed E-state index contributed by atoms with van der Waals surface area (Å²) in [6.45, 7) is 3.32. The maximum absolute atomic E-state index is 14.2. The molecule has 0 aliphatic carbocycles. The van der Waals surface area contributed by atoms with Gasteiger partial charge >= 0.3 is 5.97 Å². The summed E-state index contributed by atoms with van der Waals surface area (Å²) < 4.78 is 19.7. The van der Waals surface area contributed by atoms with E-state index < -0.39 is 17.3 Å². The third kappa shape index (κ3) is 2.84. The molecule has 0 radical (unpaired) electrons. The van der Waals surface area contributed by atoms with Crippen LogP contribution in [0.15, 0.2) is 30.3 Å². The van der Waals surface area contributed by atoms with Gasteiger partial charge in [0.15, 0.2) is 5.82 Å². The highest BCUT2D eigenvalue weighted by atomic mass is 35.5. The lowest BCUT2D eigenvalue weighted by Crippen LogP contribution is -2.34. The number of halogens is 2. The first-order valence-corrected chi connectivity index (χ1v) is 7.54. The van der Waals surface area contributed by atoms with Gasteiger partial charge in [0.05, 0.1) is 17.3 Å². The van der Waals surface area contributed by atoms with Crippen molar-refractivity contribution < 1.29 is 19.0 Å². The predicted molar refractivity (Wildman–Crippen MR) is 86.1 cm³/mol. The van der Waals surface area contributed by atoms with Gasteiger partial charge in [0.2, 0.25) is 0 Å². The predicted octanol–water partition coefficient (Wildman–Crippen LogP) is 3.88. The van der Waals surface area contributed by atoms with Crippen molar-refractivity contribution in [2.24, 2.45) is 0 Å². The van der Waals surface area contributed by atoms with Crippen LogP contribution < -0.4 is 9.64 Å². The number of carboxylic acids is 1. The molecule has 6 heteroatoms. The summed E-state index contributed by atoms with van der Waals surface area (Å²) in [4.78, 5) is 13.4. The molecule has 1 heterocycles. The van der Waals surface area contributed by atoms with Crippen LogP contribution in [0.4, 0.5) is 10.1 Å². The summed E-state index contributed by atoms with van der Waals surface area (Å²) in [7, 11) is 0. The van der Waals surface area contributed by atoms with Crippen molar-refractivity contribution in [2.45, 2.75) is 13.5 Å². The SMILES string of the molecule is Cc1ccccc1CN1CCOc2cc(Cl)c(F)c(C(=O)O)c21. The van der Waals surface area contributed by atoms with Gasteiger partial charge in [-0.25, -0.2) is 9.18 Å². The molecule has 0 unspecified atom stereocenters. The van der Waals surface area contributed by atoms with Crippen LogP contribution in [0, 0.1) is 12.7 Å². The fourth-order valence-electron chi connectivity index (χ4n) is 2.74. The maximum Gasteiger partial charge on any atom is 0.341 e. The second-order valence-electron chi connectivity index (χ2n) is 5.40. The van der Waals surface area contributed by atoms with Crippen LogP contribution >= 0.6 is 11.6 Å². The zero-order chi connectivity index (χ0) is 16.6. The van der Waals surface area contributed by atoms with E-state index in [1.54, 1.807) is 0 Å². The minimum atomic E-state index is -1.36. The second-order valence-corrected chi connectivity index (χ2v) is 5.80. The lowest BCUT2D eigenvalue weighted by Gasteiger charge is -2.33. The van der Waals surface area contributed by atoms with E-state index in [9.17, 15) is 14.3 Å². The standard InChI is InChI=1S/C17H15ClFNO3/c1-10-4-2-3-5-11(10)9-20-6-7-23-13-8-12(18)15(19)14(16(13)20)17(21)22/h2-5,8H,6-7,9H2,1H3,(H,21,22).